The Bertz CT molecular complexity index is 414. The van der Waals surface area contributed by atoms with Crippen LogP contribution in [0.1, 0.15) is 42.9 Å². The van der Waals surface area contributed by atoms with Gasteiger partial charge < -0.3 is 9.67 Å². The maximum atomic E-state index is 8.94. The van der Waals surface area contributed by atoms with Crippen molar-refractivity contribution in [1.82, 2.24) is 14.5 Å². The van der Waals surface area contributed by atoms with E-state index in [-0.39, 0.29) is 0 Å². The zero-order valence-electron chi connectivity index (χ0n) is 12.5. The molecule has 1 unspecified atom stereocenters. The van der Waals surface area contributed by atoms with Crippen LogP contribution in [0.5, 0.6) is 0 Å². The van der Waals surface area contributed by atoms with E-state index in [2.05, 4.69) is 35.3 Å². The Hall–Kier alpha value is -0.870. The van der Waals surface area contributed by atoms with E-state index in [4.69, 9.17) is 5.11 Å². The van der Waals surface area contributed by atoms with Crippen LogP contribution in [-0.4, -0.2) is 39.3 Å². The lowest BCUT2D eigenvalue weighted by Crippen LogP contribution is -2.35. The molecule has 1 aromatic heterocycles. The van der Waals surface area contributed by atoms with E-state index >= 15 is 0 Å². The van der Waals surface area contributed by atoms with Gasteiger partial charge in [-0.25, -0.2) is 4.98 Å². The molecule has 0 amide bonds. The molecule has 0 aliphatic carbocycles. The number of likely N-dealkylation sites (tertiary alicyclic amines) is 1. The molecule has 1 aliphatic rings. The van der Waals surface area contributed by atoms with Crippen LogP contribution in [0.25, 0.3) is 0 Å². The van der Waals surface area contributed by atoms with Crippen LogP contribution in [0, 0.1) is 19.8 Å². The first-order chi connectivity index (χ1) is 9.11. The van der Waals surface area contributed by atoms with Gasteiger partial charge in [-0.05, 0) is 52.0 Å². The van der Waals surface area contributed by atoms with Gasteiger partial charge in [0, 0.05) is 25.9 Å². The van der Waals surface area contributed by atoms with Crippen LogP contribution in [-0.2, 0) is 13.6 Å². The predicted molar refractivity (Wildman–Crippen MR) is 77.0 cm³/mol. The highest BCUT2D eigenvalue weighted by Crippen LogP contribution is 2.22. The summed E-state index contributed by atoms with van der Waals surface area (Å²) in [6.45, 7) is 7.84. The smallest absolute Gasteiger partial charge is 0.123 e. The van der Waals surface area contributed by atoms with Gasteiger partial charge in [0.1, 0.15) is 5.82 Å². The average Bonchev–Trinajstić information content (AvgIpc) is 2.64. The first-order valence-corrected chi connectivity index (χ1v) is 7.43. The van der Waals surface area contributed by atoms with E-state index in [1.54, 1.807) is 0 Å². The number of aryl methyl sites for hydroxylation is 1. The summed E-state index contributed by atoms with van der Waals surface area (Å²) in [4.78, 5) is 7.19. The number of nitrogens with zero attached hydrogens (tertiary/aromatic N) is 3. The Kier molecular flexibility index (Phi) is 4.99. The van der Waals surface area contributed by atoms with E-state index in [0.29, 0.717) is 6.61 Å². The van der Waals surface area contributed by atoms with E-state index in [9.17, 15) is 0 Å². The number of piperidine rings is 1. The van der Waals surface area contributed by atoms with Crippen molar-refractivity contribution in [3.63, 3.8) is 0 Å². The van der Waals surface area contributed by atoms with Gasteiger partial charge in [-0.1, -0.05) is 0 Å². The minimum Gasteiger partial charge on any atom is -0.396 e. The molecule has 108 valence electrons. The second kappa shape index (κ2) is 6.53. The van der Waals surface area contributed by atoms with Gasteiger partial charge in [0.25, 0.3) is 0 Å². The van der Waals surface area contributed by atoms with Gasteiger partial charge in [-0.15, -0.1) is 0 Å². The van der Waals surface area contributed by atoms with Crippen molar-refractivity contribution in [2.45, 2.75) is 46.1 Å². The summed E-state index contributed by atoms with van der Waals surface area (Å²) in [7, 11) is 2.11. The molecule has 2 heterocycles. The second-order valence-electron chi connectivity index (χ2n) is 5.87. The fraction of sp³-hybridized carbons (Fsp3) is 0.800. The van der Waals surface area contributed by atoms with E-state index in [1.807, 2.05) is 0 Å². The lowest BCUT2D eigenvalue weighted by molar-refractivity contribution is 0.149. The molecular formula is C15H27N3O. The zero-order valence-corrected chi connectivity index (χ0v) is 12.5. The Morgan fingerprint density at radius 1 is 1.37 bits per heavy atom. The maximum Gasteiger partial charge on any atom is 0.123 e. The van der Waals surface area contributed by atoms with Crippen LogP contribution < -0.4 is 0 Å². The summed E-state index contributed by atoms with van der Waals surface area (Å²) in [5, 5.41) is 8.94. The number of aliphatic hydroxyl groups is 1. The van der Waals surface area contributed by atoms with Crippen molar-refractivity contribution in [2.24, 2.45) is 13.0 Å². The number of aliphatic hydroxyl groups excluding tert-OH is 1. The molecule has 0 radical (unpaired) electrons. The molecule has 1 fully saturated rings. The van der Waals surface area contributed by atoms with Gasteiger partial charge in [0.05, 0.1) is 12.2 Å². The first-order valence-electron chi connectivity index (χ1n) is 7.43. The fourth-order valence-corrected chi connectivity index (χ4v) is 3.04. The number of imidazole rings is 1. The molecule has 1 saturated heterocycles. The molecular weight excluding hydrogens is 238 g/mol. The monoisotopic (exact) mass is 265 g/mol. The molecule has 19 heavy (non-hydrogen) atoms. The molecule has 0 spiro atoms. The Morgan fingerprint density at radius 3 is 2.79 bits per heavy atom. The Labute approximate surface area is 116 Å². The normalized spacial score (nSPS) is 20.9. The molecule has 1 N–H and O–H groups in total. The number of rotatable bonds is 5. The van der Waals surface area contributed by atoms with Crippen molar-refractivity contribution >= 4 is 0 Å². The molecule has 0 aromatic carbocycles. The average molecular weight is 265 g/mol. The third kappa shape index (κ3) is 3.57. The van der Waals surface area contributed by atoms with E-state index in [0.717, 1.165) is 37.5 Å². The minimum atomic E-state index is 0.328. The van der Waals surface area contributed by atoms with Crippen LogP contribution in [0.4, 0.5) is 0 Å². The van der Waals surface area contributed by atoms with Crippen molar-refractivity contribution in [3.05, 3.63) is 17.2 Å². The molecule has 1 aliphatic heterocycles. The van der Waals surface area contributed by atoms with Gasteiger partial charge >= 0.3 is 0 Å². The molecule has 1 atom stereocenters. The van der Waals surface area contributed by atoms with Gasteiger partial charge in [-0.2, -0.15) is 0 Å². The Morgan fingerprint density at radius 2 is 2.16 bits per heavy atom. The van der Waals surface area contributed by atoms with Crippen LogP contribution in [0.15, 0.2) is 0 Å². The fourth-order valence-electron chi connectivity index (χ4n) is 3.04. The summed E-state index contributed by atoms with van der Waals surface area (Å²) < 4.78 is 2.21. The highest BCUT2D eigenvalue weighted by Gasteiger charge is 2.21. The summed E-state index contributed by atoms with van der Waals surface area (Å²) in [6, 6.07) is 0. The van der Waals surface area contributed by atoms with Gasteiger partial charge in [0.2, 0.25) is 0 Å². The second-order valence-corrected chi connectivity index (χ2v) is 5.87. The summed E-state index contributed by atoms with van der Waals surface area (Å²) in [5.41, 5.74) is 2.41. The number of aromatic nitrogens is 2. The maximum absolute atomic E-state index is 8.94. The largest absolute Gasteiger partial charge is 0.396 e. The highest BCUT2D eigenvalue weighted by molar-refractivity contribution is 5.13. The molecule has 0 bridgehead atoms. The van der Waals surface area contributed by atoms with Crippen molar-refractivity contribution in [3.8, 4) is 0 Å². The van der Waals surface area contributed by atoms with Crippen LogP contribution in [0.3, 0.4) is 0 Å². The summed E-state index contributed by atoms with van der Waals surface area (Å²) >= 11 is 0. The number of hydrogen-bond donors (Lipinski definition) is 1. The standard InChI is InChI=1S/C15H27N3O/c1-12-13(2)17(3)15(16-12)11-18-8-4-6-14(10-18)7-5-9-19/h14,19H,4-11H2,1-3H3. The Balaban J connectivity index is 1.93. The van der Waals surface area contributed by atoms with E-state index < -0.39 is 0 Å². The van der Waals surface area contributed by atoms with Crippen LogP contribution in [0.2, 0.25) is 0 Å². The molecule has 1 aromatic rings. The highest BCUT2D eigenvalue weighted by atomic mass is 16.2. The summed E-state index contributed by atoms with van der Waals surface area (Å²) in [6.07, 6.45) is 4.69. The summed E-state index contributed by atoms with van der Waals surface area (Å²) in [5.74, 6) is 1.93. The van der Waals surface area contributed by atoms with Crippen LogP contribution >= 0.6 is 0 Å². The van der Waals surface area contributed by atoms with Gasteiger partial charge in [-0.3, -0.25) is 4.90 Å². The number of hydrogen-bond acceptors (Lipinski definition) is 3. The van der Waals surface area contributed by atoms with Crippen molar-refractivity contribution in [2.75, 3.05) is 19.7 Å². The molecule has 4 nitrogen and oxygen atoms in total. The minimum absolute atomic E-state index is 0.328. The quantitative estimate of drug-likeness (QED) is 0.885. The van der Waals surface area contributed by atoms with E-state index in [1.165, 1.54) is 30.9 Å². The molecule has 2 rings (SSSR count). The first kappa shape index (κ1) is 14.5. The molecule has 0 saturated carbocycles. The third-order valence-corrected chi connectivity index (χ3v) is 4.45. The lowest BCUT2D eigenvalue weighted by atomic mass is 9.93. The topological polar surface area (TPSA) is 41.3 Å². The lowest BCUT2D eigenvalue weighted by Gasteiger charge is -2.32. The third-order valence-electron chi connectivity index (χ3n) is 4.45. The van der Waals surface area contributed by atoms with Crippen molar-refractivity contribution < 1.29 is 5.11 Å². The molecule has 4 heteroatoms. The zero-order chi connectivity index (χ0) is 13.8. The van der Waals surface area contributed by atoms with Gasteiger partial charge in [0.15, 0.2) is 0 Å². The predicted octanol–water partition coefficient (Wildman–Crippen LogP) is 2.02. The van der Waals surface area contributed by atoms with Crippen molar-refractivity contribution in [1.29, 1.82) is 0 Å². The SMILES string of the molecule is Cc1nc(CN2CCCC(CCCO)C2)n(C)c1C.